The van der Waals surface area contributed by atoms with E-state index in [1.165, 1.54) is 18.3 Å². The molecule has 0 saturated heterocycles. The van der Waals surface area contributed by atoms with Gasteiger partial charge < -0.3 is 18.9 Å². The molecular weight excluding hydrogens is 437 g/mol. The van der Waals surface area contributed by atoms with Gasteiger partial charge in [0.05, 0.1) is 11.9 Å². The summed E-state index contributed by atoms with van der Waals surface area (Å²) in [7, 11) is 0. The van der Waals surface area contributed by atoms with Crippen molar-refractivity contribution in [2.24, 2.45) is 0 Å². The Hall–Kier alpha value is -2.96. The number of aryl methyl sites for hydroxylation is 1. The predicted molar refractivity (Wildman–Crippen MR) is 105 cm³/mol. The third kappa shape index (κ3) is 4.40. The molecule has 0 spiro atoms. The predicted octanol–water partition coefficient (Wildman–Crippen LogP) is 2.83. The number of carbonyl (C=O) groups excluding carboxylic acids is 1. The van der Waals surface area contributed by atoms with E-state index in [2.05, 4.69) is 20.2 Å². The highest BCUT2D eigenvalue weighted by Gasteiger charge is 2.39. The number of alkyl halides is 3. The number of nitrogens with zero attached hydrogens (tertiary/aromatic N) is 6. The van der Waals surface area contributed by atoms with Crippen LogP contribution in [0.3, 0.4) is 0 Å². The molecule has 0 saturated carbocycles. The average molecular weight is 456 g/mol. The Morgan fingerprint density at radius 3 is 2.74 bits per heavy atom. The van der Waals surface area contributed by atoms with Gasteiger partial charge in [-0.25, -0.2) is 0 Å². The van der Waals surface area contributed by atoms with Gasteiger partial charge in [0.1, 0.15) is 23.9 Å². The van der Waals surface area contributed by atoms with Crippen LogP contribution in [0.1, 0.15) is 30.4 Å². The lowest BCUT2D eigenvalue weighted by Crippen LogP contribution is -2.36. The van der Waals surface area contributed by atoms with Crippen molar-refractivity contribution in [2.75, 3.05) is 24.7 Å². The second kappa shape index (κ2) is 8.29. The molecule has 3 aromatic heterocycles. The first-order chi connectivity index (χ1) is 14.8. The Kier molecular flexibility index (Phi) is 5.69. The Balaban J connectivity index is 1.63. The molecule has 31 heavy (non-hydrogen) atoms. The topological polar surface area (TPSA) is 95.3 Å². The Labute approximate surface area is 178 Å². The smallest absolute Gasteiger partial charge is 0.451 e. The maximum Gasteiger partial charge on any atom is 0.451 e. The molecule has 4 rings (SSSR count). The van der Waals surface area contributed by atoms with Gasteiger partial charge in [0.15, 0.2) is 5.82 Å². The van der Waals surface area contributed by atoms with Crippen molar-refractivity contribution in [2.45, 2.75) is 39.5 Å². The van der Waals surface area contributed by atoms with E-state index < -0.39 is 18.0 Å². The molecule has 0 atom stereocenters. The second-order valence-electron chi connectivity index (χ2n) is 6.81. The molecule has 13 heteroatoms. The Morgan fingerprint density at radius 2 is 2.03 bits per heavy atom. The zero-order chi connectivity index (χ0) is 22.2. The van der Waals surface area contributed by atoms with Gasteiger partial charge in [-0.15, -0.1) is 21.5 Å². The van der Waals surface area contributed by atoms with Gasteiger partial charge in [0, 0.05) is 24.9 Å². The van der Waals surface area contributed by atoms with E-state index in [1.807, 2.05) is 17.9 Å². The summed E-state index contributed by atoms with van der Waals surface area (Å²) in [5, 5.41) is 7.86. The second-order valence-corrected chi connectivity index (χ2v) is 7.93. The summed E-state index contributed by atoms with van der Waals surface area (Å²) in [5.41, 5.74) is 0. The van der Waals surface area contributed by atoms with Crippen molar-refractivity contribution < 1.29 is 27.4 Å². The third-order valence-corrected chi connectivity index (χ3v) is 5.85. The minimum absolute atomic E-state index is 0.0593. The molecule has 0 bridgehead atoms. The van der Waals surface area contributed by atoms with Gasteiger partial charge >= 0.3 is 18.2 Å². The number of fused-ring (bicyclic) bond motifs is 2. The number of ether oxygens (including phenoxy) is 2. The molecule has 1 aliphatic rings. The summed E-state index contributed by atoms with van der Waals surface area (Å²) in [6.07, 6.45) is -3.74. The number of thiophene rings is 1. The number of carbonyl (C=O) groups is 1. The minimum Gasteiger partial charge on any atom is -0.462 e. The van der Waals surface area contributed by atoms with Crippen molar-refractivity contribution >= 4 is 33.3 Å². The standard InChI is InChI=1S/C18H19F3N6O3S/c1-3-11-8-12-14(22-17(23-15(12)31-11)30-7-6-29-10(2)28)26-4-5-27-13(9-26)24-25-16(27)18(19,20)21/h8H,3-7,9H2,1-2H3. The molecule has 0 aliphatic carbocycles. The van der Waals surface area contributed by atoms with Gasteiger partial charge in [-0.1, -0.05) is 6.92 Å². The van der Waals surface area contributed by atoms with E-state index in [0.717, 1.165) is 21.3 Å². The van der Waals surface area contributed by atoms with Gasteiger partial charge in [-0.2, -0.15) is 23.1 Å². The van der Waals surface area contributed by atoms with Crippen LogP contribution in [0.15, 0.2) is 6.07 Å². The van der Waals surface area contributed by atoms with E-state index >= 15 is 0 Å². The highest BCUT2D eigenvalue weighted by molar-refractivity contribution is 7.18. The largest absolute Gasteiger partial charge is 0.462 e. The Morgan fingerprint density at radius 1 is 1.23 bits per heavy atom. The van der Waals surface area contributed by atoms with E-state index in [-0.39, 0.29) is 38.1 Å². The SMILES string of the molecule is CCc1cc2c(N3CCn4c(nnc4C(F)(F)F)C3)nc(OCCOC(C)=O)nc2s1. The lowest BCUT2D eigenvalue weighted by atomic mass is 10.2. The number of anilines is 1. The van der Waals surface area contributed by atoms with Crippen molar-refractivity contribution in [1.29, 1.82) is 0 Å². The van der Waals surface area contributed by atoms with Crippen LogP contribution in [0.2, 0.25) is 0 Å². The zero-order valence-corrected chi connectivity index (χ0v) is 17.6. The summed E-state index contributed by atoms with van der Waals surface area (Å²) in [4.78, 5) is 23.5. The van der Waals surface area contributed by atoms with E-state index in [1.54, 1.807) is 0 Å². The van der Waals surface area contributed by atoms with Crippen LogP contribution in [0, 0.1) is 0 Å². The van der Waals surface area contributed by atoms with Crippen LogP contribution in [-0.2, 0) is 35.2 Å². The lowest BCUT2D eigenvalue weighted by molar-refractivity contribution is -0.147. The summed E-state index contributed by atoms with van der Waals surface area (Å²) < 4.78 is 50.9. The number of halogens is 3. The third-order valence-electron chi connectivity index (χ3n) is 4.68. The lowest BCUT2D eigenvalue weighted by Gasteiger charge is -2.29. The molecule has 0 aromatic carbocycles. The summed E-state index contributed by atoms with van der Waals surface area (Å²) in [5.74, 6) is -0.629. The number of rotatable bonds is 6. The maximum atomic E-state index is 13.1. The van der Waals surface area contributed by atoms with Crippen molar-refractivity contribution in [3.05, 3.63) is 22.6 Å². The van der Waals surface area contributed by atoms with Crippen LogP contribution in [0.5, 0.6) is 6.01 Å². The molecule has 166 valence electrons. The fourth-order valence-electron chi connectivity index (χ4n) is 3.28. The molecular formula is C18H19F3N6O3S. The van der Waals surface area contributed by atoms with Crippen LogP contribution in [0.4, 0.5) is 19.0 Å². The highest BCUT2D eigenvalue weighted by Crippen LogP contribution is 2.35. The molecule has 4 heterocycles. The molecule has 0 fully saturated rings. The fraction of sp³-hybridized carbons (Fsp3) is 0.500. The first kappa shape index (κ1) is 21.3. The summed E-state index contributed by atoms with van der Waals surface area (Å²) >= 11 is 1.50. The molecule has 0 N–H and O–H groups in total. The molecule has 9 nitrogen and oxygen atoms in total. The van der Waals surface area contributed by atoms with Gasteiger partial charge in [0.2, 0.25) is 5.82 Å². The normalized spacial score (nSPS) is 14.0. The first-order valence-electron chi connectivity index (χ1n) is 9.57. The van der Waals surface area contributed by atoms with E-state index in [4.69, 9.17) is 9.47 Å². The number of hydrogen-bond donors (Lipinski definition) is 0. The zero-order valence-electron chi connectivity index (χ0n) is 16.8. The molecule has 0 unspecified atom stereocenters. The summed E-state index contributed by atoms with van der Waals surface area (Å²) in [6.45, 7) is 3.97. The molecule has 1 aliphatic heterocycles. The molecule has 3 aromatic rings. The average Bonchev–Trinajstić information content (AvgIpc) is 3.33. The van der Waals surface area contributed by atoms with Crippen LogP contribution < -0.4 is 9.64 Å². The maximum absolute atomic E-state index is 13.1. The van der Waals surface area contributed by atoms with Crippen LogP contribution in [0.25, 0.3) is 10.2 Å². The van der Waals surface area contributed by atoms with Crippen molar-refractivity contribution in [3.63, 3.8) is 0 Å². The first-order valence-corrected chi connectivity index (χ1v) is 10.4. The van der Waals surface area contributed by atoms with E-state index in [9.17, 15) is 18.0 Å². The quantitative estimate of drug-likeness (QED) is 0.413. The van der Waals surface area contributed by atoms with Crippen molar-refractivity contribution in [3.8, 4) is 6.01 Å². The minimum atomic E-state index is -4.55. The Bertz CT molecular complexity index is 1110. The molecule has 0 radical (unpaired) electrons. The van der Waals surface area contributed by atoms with Gasteiger partial charge in [0.25, 0.3) is 0 Å². The monoisotopic (exact) mass is 456 g/mol. The van der Waals surface area contributed by atoms with Crippen molar-refractivity contribution in [1.82, 2.24) is 24.7 Å². The number of esters is 1. The highest BCUT2D eigenvalue weighted by atomic mass is 32.1. The fourth-order valence-corrected chi connectivity index (χ4v) is 4.24. The van der Waals surface area contributed by atoms with Crippen LogP contribution in [-0.4, -0.2) is 50.5 Å². The van der Waals surface area contributed by atoms with Gasteiger partial charge in [-0.05, 0) is 12.5 Å². The van der Waals surface area contributed by atoms with Crippen LogP contribution >= 0.6 is 11.3 Å². The molecule has 0 amide bonds. The van der Waals surface area contributed by atoms with E-state index in [0.29, 0.717) is 17.2 Å². The number of aromatic nitrogens is 5. The number of hydrogen-bond acceptors (Lipinski definition) is 9. The summed E-state index contributed by atoms with van der Waals surface area (Å²) in [6, 6.07) is 2.10. The van der Waals surface area contributed by atoms with Gasteiger partial charge in [-0.3, -0.25) is 4.79 Å².